The van der Waals surface area contributed by atoms with Gasteiger partial charge in [-0.3, -0.25) is 4.79 Å². The van der Waals surface area contributed by atoms with Crippen LogP contribution in [0.25, 0.3) is 22.1 Å². The quantitative estimate of drug-likeness (QED) is 0.377. The lowest BCUT2D eigenvalue weighted by Crippen LogP contribution is -2.14. The summed E-state index contributed by atoms with van der Waals surface area (Å²) in [5.74, 6) is -0.118. The maximum absolute atomic E-state index is 12.4. The molecule has 3 aromatic rings. The number of halogens is 1. The summed E-state index contributed by atoms with van der Waals surface area (Å²) in [4.78, 5) is 24.2. The van der Waals surface area contributed by atoms with E-state index in [4.69, 9.17) is 20.8 Å². The van der Waals surface area contributed by atoms with Gasteiger partial charge in [0, 0.05) is 10.4 Å². The van der Waals surface area contributed by atoms with Crippen LogP contribution in [0.3, 0.4) is 0 Å². The maximum atomic E-state index is 12.4. The Hall–Kier alpha value is -2.59. The summed E-state index contributed by atoms with van der Waals surface area (Å²) in [7, 11) is 0. The molecule has 0 N–H and O–H groups in total. The molecule has 0 aliphatic heterocycles. The van der Waals surface area contributed by atoms with Crippen molar-refractivity contribution in [3.8, 4) is 16.9 Å². The van der Waals surface area contributed by atoms with Gasteiger partial charge < -0.3 is 9.15 Å². The number of rotatable bonds is 3. The molecule has 3 rings (SSSR count). The van der Waals surface area contributed by atoms with Gasteiger partial charge in [0.25, 0.3) is 0 Å². The molecule has 0 unspecified atom stereocenters. The van der Waals surface area contributed by atoms with Gasteiger partial charge in [-0.1, -0.05) is 37.6 Å². The molecule has 0 aliphatic rings. The van der Waals surface area contributed by atoms with Crippen LogP contribution in [0.2, 0.25) is 5.02 Å². The van der Waals surface area contributed by atoms with E-state index in [-0.39, 0.29) is 11.9 Å². The molecule has 0 atom stereocenters. The van der Waals surface area contributed by atoms with Gasteiger partial charge in [-0.05, 0) is 48.4 Å². The number of aryl methyl sites for hydroxylation is 1. The lowest BCUT2D eigenvalue weighted by molar-refractivity contribution is -0.137. The fraction of sp³-hybridized carbons (Fsp3) is 0.200. The van der Waals surface area contributed by atoms with Crippen molar-refractivity contribution in [2.24, 2.45) is 5.92 Å². The SMILES string of the molecule is Cc1c(-c2ccc(Cl)cc2)c(=O)oc2ccc(OC(=O)C(C)C)cc12. The summed E-state index contributed by atoms with van der Waals surface area (Å²) in [6.45, 7) is 5.38. The minimum Gasteiger partial charge on any atom is -0.426 e. The second kappa shape index (κ2) is 6.73. The maximum Gasteiger partial charge on any atom is 0.344 e. The zero-order chi connectivity index (χ0) is 18.1. The fourth-order valence-corrected chi connectivity index (χ4v) is 2.70. The first-order chi connectivity index (χ1) is 11.9. The number of carbonyl (C=O) groups is 1. The van der Waals surface area contributed by atoms with Crippen molar-refractivity contribution in [1.82, 2.24) is 0 Å². The Kier molecular flexibility index (Phi) is 4.64. The molecule has 128 valence electrons. The van der Waals surface area contributed by atoms with E-state index < -0.39 is 5.63 Å². The smallest absolute Gasteiger partial charge is 0.344 e. The highest BCUT2D eigenvalue weighted by atomic mass is 35.5. The summed E-state index contributed by atoms with van der Waals surface area (Å²) in [5, 5.41) is 1.31. The van der Waals surface area contributed by atoms with E-state index >= 15 is 0 Å². The Bertz CT molecular complexity index is 1000. The molecular formula is C20H17ClO4. The lowest BCUT2D eigenvalue weighted by Gasteiger charge is -2.11. The number of esters is 1. The first kappa shape index (κ1) is 17.2. The molecule has 0 amide bonds. The molecule has 0 fully saturated rings. The second-order valence-electron chi connectivity index (χ2n) is 6.13. The number of benzene rings is 2. The highest BCUT2D eigenvalue weighted by Crippen LogP contribution is 2.30. The van der Waals surface area contributed by atoms with Crippen molar-refractivity contribution in [3.05, 3.63) is 63.5 Å². The monoisotopic (exact) mass is 356 g/mol. The van der Waals surface area contributed by atoms with E-state index in [0.29, 0.717) is 21.9 Å². The fourth-order valence-electron chi connectivity index (χ4n) is 2.58. The van der Waals surface area contributed by atoms with E-state index in [0.717, 1.165) is 16.5 Å². The van der Waals surface area contributed by atoms with Crippen LogP contribution in [0.1, 0.15) is 19.4 Å². The van der Waals surface area contributed by atoms with E-state index in [1.54, 1.807) is 56.3 Å². The Morgan fingerprint density at radius 2 is 1.80 bits per heavy atom. The molecule has 1 aromatic heterocycles. The van der Waals surface area contributed by atoms with E-state index in [1.807, 2.05) is 6.92 Å². The number of hydrogen-bond donors (Lipinski definition) is 0. The molecule has 1 heterocycles. The Balaban J connectivity index is 2.15. The van der Waals surface area contributed by atoms with Crippen LogP contribution < -0.4 is 10.4 Å². The van der Waals surface area contributed by atoms with Crippen molar-refractivity contribution in [1.29, 1.82) is 0 Å². The third-order valence-electron chi connectivity index (χ3n) is 3.96. The standard InChI is InChI=1S/C20H17ClO4/c1-11(2)19(22)24-15-8-9-17-16(10-15)12(3)18(20(23)25-17)13-4-6-14(21)7-5-13/h4-11H,1-3H3. The Morgan fingerprint density at radius 1 is 1.12 bits per heavy atom. The largest absolute Gasteiger partial charge is 0.426 e. The first-order valence-corrected chi connectivity index (χ1v) is 8.29. The molecule has 0 saturated carbocycles. The normalized spacial score (nSPS) is 11.1. The van der Waals surface area contributed by atoms with Gasteiger partial charge >= 0.3 is 11.6 Å². The van der Waals surface area contributed by atoms with Crippen LogP contribution in [-0.2, 0) is 4.79 Å². The molecule has 2 aromatic carbocycles. The molecular weight excluding hydrogens is 340 g/mol. The van der Waals surface area contributed by atoms with Gasteiger partial charge in [-0.15, -0.1) is 0 Å². The summed E-state index contributed by atoms with van der Waals surface area (Å²) < 4.78 is 10.8. The van der Waals surface area contributed by atoms with Crippen molar-refractivity contribution in [3.63, 3.8) is 0 Å². The van der Waals surface area contributed by atoms with Crippen LogP contribution in [0, 0.1) is 12.8 Å². The van der Waals surface area contributed by atoms with E-state index in [1.165, 1.54) is 0 Å². The van der Waals surface area contributed by atoms with Gasteiger partial charge in [0.15, 0.2) is 0 Å². The van der Waals surface area contributed by atoms with Crippen LogP contribution in [-0.4, -0.2) is 5.97 Å². The minimum atomic E-state index is -0.417. The van der Waals surface area contributed by atoms with Crippen LogP contribution >= 0.6 is 11.6 Å². The predicted molar refractivity (Wildman–Crippen MR) is 98.1 cm³/mol. The van der Waals surface area contributed by atoms with Crippen LogP contribution in [0.5, 0.6) is 5.75 Å². The summed E-state index contributed by atoms with van der Waals surface area (Å²) >= 11 is 5.92. The van der Waals surface area contributed by atoms with Crippen molar-refractivity contribution < 1.29 is 13.9 Å². The zero-order valence-corrected chi connectivity index (χ0v) is 14.9. The highest BCUT2D eigenvalue weighted by molar-refractivity contribution is 6.30. The molecule has 0 bridgehead atoms. The number of fused-ring (bicyclic) bond motifs is 1. The van der Waals surface area contributed by atoms with Crippen molar-refractivity contribution in [2.45, 2.75) is 20.8 Å². The van der Waals surface area contributed by atoms with E-state index in [9.17, 15) is 9.59 Å². The third kappa shape index (κ3) is 3.44. The highest BCUT2D eigenvalue weighted by Gasteiger charge is 2.15. The summed E-state index contributed by atoms with van der Waals surface area (Å²) in [5.41, 5.74) is 1.98. The molecule has 0 spiro atoms. The number of ether oxygens (including phenoxy) is 1. The molecule has 0 aliphatic carbocycles. The average molecular weight is 357 g/mol. The number of hydrogen-bond acceptors (Lipinski definition) is 4. The Labute approximate surface area is 150 Å². The predicted octanol–water partition coefficient (Wildman–Crippen LogP) is 4.98. The molecule has 0 saturated heterocycles. The van der Waals surface area contributed by atoms with Crippen molar-refractivity contribution >= 4 is 28.5 Å². The molecule has 0 radical (unpaired) electrons. The molecule has 25 heavy (non-hydrogen) atoms. The van der Waals surface area contributed by atoms with Gasteiger partial charge in [0.1, 0.15) is 11.3 Å². The minimum absolute atomic E-state index is 0.227. The zero-order valence-electron chi connectivity index (χ0n) is 14.1. The average Bonchev–Trinajstić information content (AvgIpc) is 2.57. The van der Waals surface area contributed by atoms with Gasteiger partial charge in [0.2, 0.25) is 0 Å². The second-order valence-corrected chi connectivity index (χ2v) is 6.57. The third-order valence-corrected chi connectivity index (χ3v) is 4.21. The Morgan fingerprint density at radius 3 is 2.44 bits per heavy atom. The van der Waals surface area contributed by atoms with Crippen LogP contribution in [0.15, 0.2) is 51.7 Å². The summed E-state index contributed by atoms with van der Waals surface area (Å²) in [6, 6.07) is 12.0. The number of carbonyl (C=O) groups excluding carboxylic acids is 1. The van der Waals surface area contributed by atoms with Crippen LogP contribution in [0.4, 0.5) is 0 Å². The van der Waals surface area contributed by atoms with Gasteiger partial charge in [-0.2, -0.15) is 0 Å². The molecule has 5 heteroatoms. The molecule has 4 nitrogen and oxygen atoms in total. The van der Waals surface area contributed by atoms with Gasteiger partial charge in [-0.25, -0.2) is 4.79 Å². The first-order valence-electron chi connectivity index (χ1n) is 7.92. The van der Waals surface area contributed by atoms with Gasteiger partial charge in [0.05, 0.1) is 11.5 Å². The van der Waals surface area contributed by atoms with E-state index in [2.05, 4.69) is 0 Å². The summed E-state index contributed by atoms with van der Waals surface area (Å²) in [6.07, 6.45) is 0. The van der Waals surface area contributed by atoms with Crippen molar-refractivity contribution in [2.75, 3.05) is 0 Å². The lowest BCUT2D eigenvalue weighted by atomic mass is 9.99. The topological polar surface area (TPSA) is 56.5 Å².